The third kappa shape index (κ3) is 2.18. The molecule has 1 N–H and O–H groups in total. The van der Waals surface area contributed by atoms with Crippen molar-refractivity contribution >= 4 is 16.8 Å². The summed E-state index contributed by atoms with van der Waals surface area (Å²) in [6.45, 7) is 2.88. The second-order valence-corrected chi connectivity index (χ2v) is 6.44. The van der Waals surface area contributed by atoms with Gasteiger partial charge in [-0.3, -0.25) is 4.79 Å². The number of carbonyl (C=O) groups is 1. The Morgan fingerprint density at radius 3 is 2.95 bits per heavy atom. The molecule has 1 aromatic carbocycles. The minimum Gasteiger partial charge on any atom is -0.486 e. The summed E-state index contributed by atoms with van der Waals surface area (Å²) in [4.78, 5) is 12.7. The SMILES string of the molecule is CC[C@H]1Cn2c(C(=O)NC3CCCC3)cc3cccc(c32)O1. The van der Waals surface area contributed by atoms with Crippen LogP contribution in [0.2, 0.25) is 0 Å². The highest BCUT2D eigenvalue weighted by Crippen LogP contribution is 2.34. The van der Waals surface area contributed by atoms with Gasteiger partial charge in [-0.25, -0.2) is 0 Å². The molecule has 2 aromatic rings. The zero-order valence-electron chi connectivity index (χ0n) is 13.0. The maximum Gasteiger partial charge on any atom is 0.268 e. The molecule has 0 radical (unpaired) electrons. The number of amides is 1. The van der Waals surface area contributed by atoms with E-state index in [1.807, 2.05) is 18.2 Å². The van der Waals surface area contributed by atoms with Crippen LogP contribution in [0, 0.1) is 0 Å². The number of carbonyl (C=O) groups excluding carboxylic acids is 1. The fourth-order valence-corrected chi connectivity index (χ4v) is 3.73. The molecule has 1 aliphatic carbocycles. The van der Waals surface area contributed by atoms with Gasteiger partial charge >= 0.3 is 0 Å². The standard InChI is InChI=1S/C18H22N2O2/c1-2-14-11-20-15(18(21)19-13-7-3-4-8-13)10-12-6-5-9-16(22-14)17(12)20/h5-6,9-10,13-14H,2-4,7-8,11H2,1H3,(H,19,21)/t14-/m0/s1. The van der Waals surface area contributed by atoms with Gasteiger partial charge in [0.1, 0.15) is 17.5 Å². The van der Waals surface area contributed by atoms with Gasteiger partial charge in [0.15, 0.2) is 0 Å². The predicted molar refractivity (Wildman–Crippen MR) is 86.4 cm³/mol. The van der Waals surface area contributed by atoms with Gasteiger partial charge in [0, 0.05) is 11.4 Å². The fourth-order valence-electron chi connectivity index (χ4n) is 3.73. The van der Waals surface area contributed by atoms with Crippen molar-refractivity contribution in [2.24, 2.45) is 0 Å². The number of benzene rings is 1. The lowest BCUT2D eigenvalue weighted by molar-refractivity contribution is 0.0922. The lowest BCUT2D eigenvalue weighted by Crippen LogP contribution is -2.35. The van der Waals surface area contributed by atoms with Gasteiger partial charge < -0.3 is 14.6 Å². The second-order valence-electron chi connectivity index (χ2n) is 6.44. The van der Waals surface area contributed by atoms with E-state index < -0.39 is 0 Å². The van der Waals surface area contributed by atoms with Crippen molar-refractivity contribution in [2.75, 3.05) is 0 Å². The lowest BCUT2D eigenvalue weighted by atomic mass is 10.2. The Morgan fingerprint density at radius 2 is 2.18 bits per heavy atom. The quantitative estimate of drug-likeness (QED) is 0.942. The van der Waals surface area contributed by atoms with Crippen LogP contribution in [-0.2, 0) is 6.54 Å². The Kier molecular flexibility index (Phi) is 3.32. The van der Waals surface area contributed by atoms with Crippen LogP contribution in [0.15, 0.2) is 24.3 Å². The smallest absolute Gasteiger partial charge is 0.268 e. The Morgan fingerprint density at radius 1 is 1.36 bits per heavy atom. The van der Waals surface area contributed by atoms with Crippen molar-refractivity contribution in [3.8, 4) is 5.75 Å². The molecule has 1 aromatic heterocycles. The highest BCUT2D eigenvalue weighted by molar-refractivity contribution is 6.00. The summed E-state index contributed by atoms with van der Waals surface area (Å²) < 4.78 is 8.17. The summed E-state index contributed by atoms with van der Waals surface area (Å²) in [7, 11) is 0. The molecule has 1 saturated carbocycles. The molecule has 0 unspecified atom stereocenters. The molecule has 1 amide bonds. The molecule has 2 heterocycles. The molecule has 1 aliphatic heterocycles. The largest absolute Gasteiger partial charge is 0.486 e. The Hall–Kier alpha value is -1.97. The summed E-state index contributed by atoms with van der Waals surface area (Å²) in [5, 5.41) is 4.29. The Labute approximate surface area is 130 Å². The average molecular weight is 298 g/mol. The maximum atomic E-state index is 12.7. The van der Waals surface area contributed by atoms with Crippen LogP contribution in [0.5, 0.6) is 5.75 Å². The molecule has 4 rings (SSSR count). The predicted octanol–water partition coefficient (Wildman–Crippen LogP) is 3.48. The Balaban J connectivity index is 1.72. The molecule has 116 valence electrons. The number of rotatable bonds is 3. The van der Waals surface area contributed by atoms with Crippen LogP contribution in [0.25, 0.3) is 10.9 Å². The maximum absolute atomic E-state index is 12.7. The van der Waals surface area contributed by atoms with E-state index in [1.165, 1.54) is 12.8 Å². The number of aromatic nitrogens is 1. The van der Waals surface area contributed by atoms with Crippen molar-refractivity contribution in [1.29, 1.82) is 0 Å². The molecular weight excluding hydrogens is 276 g/mol. The van der Waals surface area contributed by atoms with Gasteiger partial charge in [0.2, 0.25) is 0 Å². The van der Waals surface area contributed by atoms with E-state index >= 15 is 0 Å². The van der Waals surface area contributed by atoms with E-state index in [0.29, 0.717) is 6.04 Å². The first-order valence-electron chi connectivity index (χ1n) is 8.36. The van der Waals surface area contributed by atoms with Crippen LogP contribution in [0.3, 0.4) is 0 Å². The summed E-state index contributed by atoms with van der Waals surface area (Å²) >= 11 is 0. The molecular formula is C18H22N2O2. The summed E-state index contributed by atoms with van der Waals surface area (Å²) in [6, 6.07) is 8.40. The summed E-state index contributed by atoms with van der Waals surface area (Å²) in [5.41, 5.74) is 1.83. The van der Waals surface area contributed by atoms with Gasteiger partial charge in [0.05, 0.1) is 12.1 Å². The average Bonchev–Trinajstić information content (AvgIpc) is 3.16. The summed E-state index contributed by atoms with van der Waals surface area (Å²) in [5.74, 6) is 0.960. The normalized spacial score (nSPS) is 21.0. The number of nitrogens with one attached hydrogen (secondary N) is 1. The molecule has 4 heteroatoms. The number of ether oxygens (including phenoxy) is 1. The molecule has 0 bridgehead atoms. The monoisotopic (exact) mass is 298 g/mol. The van der Waals surface area contributed by atoms with Crippen LogP contribution in [0.1, 0.15) is 49.5 Å². The zero-order chi connectivity index (χ0) is 15.1. The van der Waals surface area contributed by atoms with E-state index in [0.717, 1.165) is 48.2 Å². The van der Waals surface area contributed by atoms with Crippen LogP contribution in [-0.4, -0.2) is 22.6 Å². The first kappa shape index (κ1) is 13.7. The van der Waals surface area contributed by atoms with Crippen LogP contribution >= 0.6 is 0 Å². The third-order valence-electron chi connectivity index (χ3n) is 4.94. The second kappa shape index (κ2) is 5.34. The van der Waals surface area contributed by atoms with E-state index in [9.17, 15) is 4.79 Å². The van der Waals surface area contributed by atoms with Gasteiger partial charge in [-0.1, -0.05) is 31.9 Å². The first-order chi connectivity index (χ1) is 10.8. The van der Waals surface area contributed by atoms with Crippen molar-refractivity contribution < 1.29 is 9.53 Å². The molecule has 0 saturated heterocycles. The Bertz CT molecular complexity index is 713. The van der Waals surface area contributed by atoms with Crippen molar-refractivity contribution in [1.82, 2.24) is 9.88 Å². The zero-order valence-corrected chi connectivity index (χ0v) is 13.0. The highest BCUT2D eigenvalue weighted by atomic mass is 16.5. The minimum absolute atomic E-state index is 0.0609. The van der Waals surface area contributed by atoms with E-state index in [4.69, 9.17) is 4.74 Å². The summed E-state index contributed by atoms with van der Waals surface area (Å²) in [6.07, 6.45) is 5.75. The van der Waals surface area contributed by atoms with E-state index in [-0.39, 0.29) is 12.0 Å². The van der Waals surface area contributed by atoms with Crippen molar-refractivity contribution in [2.45, 2.75) is 57.7 Å². The van der Waals surface area contributed by atoms with Crippen LogP contribution < -0.4 is 10.1 Å². The molecule has 22 heavy (non-hydrogen) atoms. The lowest BCUT2D eigenvalue weighted by Gasteiger charge is -2.26. The van der Waals surface area contributed by atoms with Gasteiger partial charge in [0.25, 0.3) is 5.91 Å². The molecule has 1 fully saturated rings. The van der Waals surface area contributed by atoms with Gasteiger partial charge in [-0.15, -0.1) is 0 Å². The van der Waals surface area contributed by atoms with Gasteiger partial charge in [-0.2, -0.15) is 0 Å². The van der Waals surface area contributed by atoms with Gasteiger partial charge in [-0.05, 0) is 31.4 Å². The first-order valence-corrected chi connectivity index (χ1v) is 8.36. The number of nitrogens with zero attached hydrogens (tertiary/aromatic N) is 1. The topological polar surface area (TPSA) is 43.3 Å². The molecule has 0 spiro atoms. The van der Waals surface area contributed by atoms with Crippen molar-refractivity contribution in [3.05, 3.63) is 30.0 Å². The number of hydrogen-bond acceptors (Lipinski definition) is 2. The molecule has 4 nitrogen and oxygen atoms in total. The minimum atomic E-state index is 0.0609. The van der Waals surface area contributed by atoms with E-state index in [2.05, 4.69) is 22.9 Å². The number of hydrogen-bond donors (Lipinski definition) is 1. The van der Waals surface area contributed by atoms with E-state index in [1.54, 1.807) is 0 Å². The van der Waals surface area contributed by atoms with Crippen molar-refractivity contribution in [3.63, 3.8) is 0 Å². The molecule has 2 aliphatic rings. The third-order valence-corrected chi connectivity index (χ3v) is 4.94. The highest BCUT2D eigenvalue weighted by Gasteiger charge is 2.27. The fraction of sp³-hybridized carbons (Fsp3) is 0.500. The van der Waals surface area contributed by atoms with Crippen LogP contribution in [0.4, 0.5) is 0 Å². The number of para-hydroxylation sites is 1. The molecule has 1 atom stereocenters.